The van der Waals surface area contributed by atoms with Gasteiger partial charge in [0.15, 0.2) is 74.9 Å². The summed E-state index contributed by atoms with van der Waals surface area (Å²) in [5.74, 6) is 1.19. The molecule has 470 valence electrons. The molecule has 2 aromatic rings. The first-order valence-corrected chi connectivity index (χ1v) is 69.9. The Hall–Kier alpha value is 1.14. The van der Waals surface area contributed by atoms with E-state index in [2.05, 4.69) is 202 Å². The largest absolute Gasteiger partial charge is 0.639 e. The second-order valence-electron chi connectivity index (χ2n) is 30.2. The SMILES string of the molecule is CCC(COc1ccc(C2(c3ccc(OC)c(Cl)c3)CCCCC2)cc1Cl)O[SiH2][Si](O[Si](O[Si](C)(C)C)(O[Si](C)(C)C)O[Si](C)(C)C)(O[Si](O[Si](C)(C)C)(O[Si](C)(C)C)O[Si](C)(C)C)O[Si](O[Si](C)(C)C)(O[Si](C)(C)C)O[Si](C)(C)C. The molecule has 1 saturated carbocycles. The van der Waals surface area contributed by atoms with Crippen molar-refractivity contribution in [1.82, 2.24) is 0 Å². The summed E-state index contributed by atoms with van der Waals surface area (Å²) in [5.41, 5.74) is 2.00. The summed E-state index contributed by atoms with van der Waals surface area (Å²) in [7, 11) is -42.6. The average Bonchev–Trinajstić information content (AvgIpc) is 3.18. The minimum atomic E-state index is -4.80. The van der Waals surface area contributed by atoms with Gasteiger partial charge < -0.3 is 63.3 Å². The second kappa shape index (κ2) is 28.5. The van der Waals surface area contributed by atoms with E-state index in [1.165, 1.54) is 6.42 Å². The van der Waals surface area contributed by atoms with Crippen LogP contribution < -0.4 is 9.47 Å². The lowest BCUT2D eigenvalue weighted by Gasteiger charge is -2.50. The Morgan fingerprint density at radius 3 is 0.951 bits per heavy atom. The zero-order valence-corrected chi connectivity index (χ0v) is 71.5. The molecule has 0 bridgehead atoms. The molecule has 3 rings (SSSR count). The fraction of sp³-hybridized carbons (Fsp3) is 0.760. The van der Waals surface area contributed by atoms with E-state index < -0.39 is 126 Å². The monoisotopic (exact) mass is 1410 g/mol. The first kappa shape index (κ1) is 76.4. The summed E-state index contributed by atoms with van der Waals surface area (Å²) >= 11 is 14.1. The van der Waals surface area contributed by atoms with E-state index in [1.54, 1.807) is 7.11 Å². The lowest BCUT2D eigenvalue weighted by molar-refractivity contribution is 0.0499. The van der Waals surface area contributed by atoms with Gasteiger partial charge in [0.2, 0.25) is 9.28 Å². The molecule has 0 amide bonds. The number of hydrogen-bond acceptors (Lipinski definition) is 15. The first-order chi connectivity index (χ1) is 36.2. The minimum Gasteiger partial charge on any atom is -0.495 e. The quantitative estimate of drug-likeness (QED) is 0.0614. The van der Waals surface area contributed by atoms with Gasteiger partial charge in [-0.3, -0.25) is 0 Å². The molecule has 0 saturated heterocycles. The van der Waals surface area contributed by atoms with Gasteiger partial charge in [-0.25, -0.2) is 0 Å². The fourth-order valence-corrected chi connectivity index (χ4v) is 61.5. The van der Waals surface area contributed by atoms with E-state index in [1.807, 2.05) is 18.2 Å². The van der Waals surface area contributed by atoms with Crippen molar-refractivity contribution in [1.29, 1.82) is 0 Å². The Morgan fingerprint density at radius 1 is 0.420 bits per heavy atom. The van der Waals surface area contributed by atoms with Crippen molar-refractivity contribution in [3.63, 3.8) is 0 Å². The maximum atomic E-state index is 8.08. The summed E-state index contributed by atoms with van der Waals surface area (Å²) < 4.78 is 111. The third kappa shape index (κ3) is 27.4. The van der Waals surface area contributed by atoms with Crippen molar-refractivity contribution in [2.24, 2.45) is 0 Å². The number of methoxy groups -OCH3 is 1. The normalized spacial score (nSPS) is 16.8. The Bertz CT molecular complexity index is 2050. The predicted molar refractivity (Wildman–Crippen MR) is 369 cm³/mol. The van der Waals surface area contributed by atoms with Crippen LogP contribution in [0.1, 0.15) is 56.6 Å². The van der Waals surface area contributed by atoms with Crippen molar-refractivity contribution in [2.45, 2.75) is 234 Å². The number of rotatable bonds is 34. The number of ether oxygens (including phenoxy) is 2. The van der Waals surface area contributed by atoms with Crippen LogP contribution in [-0.4, -0.2) is 139 Å². The van der Waals surface area contributed by atoms with E-state index >= 15 is 0 Å². The van der Waals surface area contributed by atoms with Gasteiger partial charge >= 0.3 is 35.5 Å². The second-order valence-corrected chi connectivity index (χ2v) is 87.3. The molecule has 0 radical (unpaired) electrons. The summed E-state index contributed by atoms with van der Waals surface area (Å²) in [6.07, 6.45) is 5.34. The zero-order valence-electron chi connectivity index (χ0n) is 55.6. The molecule has 1 aliphatic carbocycles. The van der Waals surface area contributed by atoms with Gasteiger partial charge in [0.25, 0.3) is 0 Å². The summed E-state index contributed by atoms with van der Waals surface area (Å²) in [6, 6.07) is 12.3. The van der Waals surface area contributed by atoms with Gasteiger partial charge in [-0.2, -0.15) is 0 Å². The fourth-order valence-electron chi connectivity index (χ4n) is 8.94. The lowest BCUT2D eigenvalue weighted by atomic mass is 9.65. The maximum absolute atomic E-state index is 8.08. The molecule has 1 aliphatic rings. The van der Waals surface area contributed by atoms with Crippen molar-refractivity contribution >= 4 is 143 Å². The van der Waals surface area contributed by atoms with Crippen LogP contribution in [0.2, 0.25) is 187 Å². The molecule has 1 atom stereocenters. The van der Waals surface area contributed by atoms with Crippen LogP contribution in [-0.2, 0) is 59.2 Å². The molecule has 1 fully saturated rings. The molecule has 81 heavy (non-hydrogen) atoms. The van der Waals surface area contributed by atoms with E-state index in [4.69, 9.17) is 86.5 Å². The topological polar surface area (TPSA) is 138 Å². The third-order valence-electron chi connectivity index (χ3n) is 11.0. The number of halogens is 2. The highest BCUT2D eigenvalue weighted by atomic mass is 35.5. The molecular weight excluding hydrogens is 1300 g/mol. The third-order valence-corrected chi connectivity index (χ3v) is 55.8. The summed E-state index contributed by atoms with van der Waals surface area (Å²) in [4.78, 5) is 0. The highest BCUT2D eigenvalue weighted by Gasteiger charge is 2.71. The van der Waals surface area contributed by atoms with Crippen LogP contribution >= 0.6 is 23.2 Å². The van der Waals surface area contributed by atoms with Crippen molar-refractivity contribution in [3.05, 3.63) is 57.6 Å². The maximum Gasteiger partial charge on any atom is 0.639 e. The Balaban J connectivity index is 2.55. The van der Waals surface area contributed by atoms with E-state index in [0.29, 0.717) is 28.0 Å². The van der Waals surface area contributed by atoms with Crippen molar-refractivity contribution < 1.29 is 63.3 Å². The molecular formula is C50H110Cl2O15Si14. The van der Waals surface area contributed by atoms with Gasteiger partial charge in [-0.1, -0.05) is 61.5 Å². The van der Waals surface area contributed by atoms with Crippen LogP contribution in [0.15, 0.2) is 36.4 Å². The van der Waals surface area contributed by atoms with Crippen LogP contribution in [0, 0.1) is 0 Å². The van der Waals surface area contributed by atoms with E-state index in [9.17, 15) is 0 Å². The molecule has 2 aromatic carbocycles. The molecule has 15 nitrogen and oxygen atoms in total. The predicted octanol–water partition coefficient (Wildman–Crippen LogP) is 16.0. The highest BCUT2D eigenvalue weighted by Crippen LogP contribution is 2.48. The summed E-state index contributed by atoms with van der Waals surface area (Å²) in [6.45, 7) is 59.5. The average molecular weight is 1420 g/mol. The van der Waals surface area contributed by atoms with Crippen LogP contribution in [0.3, 0.4) is 0 Å². The Morgan fingerprint density at radius 2 is 0.704 bits per heavy atom. The van der Waals surface area contributed by atoms with Crippen LogP contribution in [0.4, 0.5) is 0 Å². The molecule has 31 heteroatoms. The molecule has 1 unspecified atom stereocenters. The van der Waals surface area contributed by atoms with E-state index in [-0.39, 0.29) is 12.0 Å². The molecule has 0 heterocycles. The van der Waals surface area contributed by atoms with Gasteiger partial charge in [0.05, 0.1) is 23.3 Å². The van der Waals surface area contributed by atoms with Gasteiger partial charge in [0.1, 0.15) is 18.1 Å². The van der Waals surface area contributed by atoms with Crippen molar-refractivity contribution in [3.8, 4) is 11.5 Å². The van der Waals surface area contributed by atoms with Gasteiger partial charge in [-0.05, 0) is 231 Å². The standard InChI is InChI=1S/C50H110Cl2O15Si14/c1-30-45(42-54-49-37-35-44(41-47(49)52)50(38-32-31-33-39-50)43-34-36-48(53-2)46(51)40-43)55-68-81(65-78(56-69(3,4)5,57-70(6,7)8)58-71(9,10)11,66-79(59-72(12,13)14,60-73(15,16)17)61-74(18,19)20)67-80(62-75(21,22)23,63-76(24,25)26)64-77(27,28)29/h34-37,40-41,45H,30-33,38-39,42,68H2,1-29H3. The lowest BCUT2D eigenvalue weighted by Crippen LogP contribution is -2.78. The molecule has 0 N–H and O–H groups in total. The molecule has 0 spiro atoms. The molecule has 0 aliphatic heterocycles. The van der Waals surface area contributed by atoms with Gasteiger partial charge in [-0.15, -0.1) is 0 Å². The molecule has 0 aromatic heterocycles. The smallest absolute Gasteiger partial charge is 0.495 e. The number of hydrogen-bond donors (Lipinski definition) is 0. The van der Waals surface area contributed by atoms with Crippen LogP contribution in [0.25, 0.3) is 0 Å². The van der Waals surface area contributed by atoms with Gasteiger partial charge in [0, 0.05) is 5.41 Å². The zero-order chi connectivity index (χ0) is 62.5. The minimum absolute atomic E-state index is 0.145. The summed E-state index contributed by atoms with van der Waals surface area (Å²) in [5, 5.41) is 1.09. The number of benzene rings is 2. The first-order valence-electron chi connectivity index (χ1n) is 29.0. The Labute approximate surface area is 518 Å². The van der Waals surface area contributed by atoms with Crippen molar-refractivity contribution in [2.75, 3.05) is 13.7 Å². The highest BCUT2D eigenvalue weighted by molar-refractivity contribution is 7.19. The Kier molecular flexibility index (Phi) is 26.9. The van der Waals surface area contributed by atoms with Crippen LogP contribution in [0.5, 0.6) is 11.5 Å². The van der Waals surface area contributed by atoms with E-state index in [0.717, 1.165) is 36.8 Å².